The smallest absolute Gasteiger partial charge is 0 e. The molecule has 0 heterocycles. The van der Waals surface area contributed by atoms with E-state index in [1.807, 2.05) is 0 Å². The van der Waals surface area contributed by atoms with Gasteiger partial charge in [0.15, 0.2) is 0 Å². The van der Waals surface area contributed by atoms with E-state index in [0.717, 1.165) is 0 Å². The number of rotatable bonds is 0. The Bertz CT molecular complexity index is 8.00. The van der Waals surface area contributed by atoms with Gasteiger partial charge in [0.1, 0.15) is 0 Å². The summed E-state index contributed by atoms with van der Waals surface area (Å²) >= 11 is 0.333. The molecule has 0 saturated heterocycles. The molecular weight excluding hydrogens is 471 g/mol. The van der Waals surface area contributed by atoms with Crippen LogP contribution in [0.1, 0.15) is 0 Å². The van der Waals surface area contributed by atoms with E-state index in [4.69, 9.17) is 3.40 Å². The Hall–Kier alpha value is 2.87. The maximum atomic E-state index is 8.33. The van der Waals surface area contributed by atoms with E-state index in [1.165, 1.54) is 0 Å². The Balaban J connectivity index is -0.00000000500. The van der Waals surface area contributed by atoms with Gasteiger partial charge in [-0.25, -0.2) is 0 Å². The van der Waals surface area contributed by atoms with Crippen LogP contribution in [0.3, 0.4) is 0 Å². The Morgan fingerprint density at radius 1 is 1.25 bits per heavy atom. The Morgan fingerprint density at radius 2 is 1.25 bits per heavy atom. The van der Waals surface area contributed by atoms with E-state index in [1.54, 1.807) is 0 Å². The molecule has 23 valence electrons. The van der Waals surface area contributed by atoms with Gasteiger partial charge in [-0.15, -0.1) is 0 Å². The summed E-state index contributed by atoms with van der Waals surface area (Å²) < 4.78 is 8.33. The Labute approximate surface area is 94.0 Å². The topological polar surface area (TPSA) is 17.1 Å². The third-order valence-electron chi connectivity index (χ3n) is 0. The molecule has 0 bridgehead atoms. The molecule has 4 heavy (non-hydrogen) atoms. The molecule has 0 N–H and O–H groups in total. The average molecular weight is 471 g/mol. The van der Waals surface area contributed by atoms with Crippen LogP contribution in [0, 0.1) is 49.4 Å². The first-order valence-electron chi connectivity index (χ1n) is 0.167. The summed E-state index contributed by atoms with van der Waals surface area (Å²) in [4.78, 5) is 0. The molecular formula is EuOSnW. The summed E-state index contributed by atoms with van der Waals surface area (Å²) in [5, 5.41) is 0. The first kappa shape index (κ1) is 15.8. The van der Waals surface area contributed by atoms with Gasteiger partial charge >= 0.3 is 23.2 Å². The minimum Gasteiger partial charge on any atom is 0 e. The summed E-state index contributed by atoms with van der Waals surface area (Å²) in [7, 11) is 0. The standard InChI is InChI=1S/Eu.O.Sn.W. The van der Waals surface area contributed by atoms with Crippen molar-refractivity contribution in [2.75, 3.05) is 0 Å². The third-order valence-corrected chi connectivity index (χ3v) is 0. The fourth-order valence-electron chi connectivity index (χ4n) is 0. The van der Waals surface area contributed by atoms with E-state index in [2.05, 4.69) is 0 Å². The molecule has 0 aromatic carbocycles. The maximum Gasteiger partial charge on any atom is 0 e. The molecule has 0 saturated carbocycles. The summed E-state index contributed by atoms with van der Waals surface area (Å²) in [5.41, 5.74) is 0. The predicted octanol–water partition coefficient (Wildman–Crippen LogP) is -0.502. The molecule has 0 aliphatic rings. The Kier molecular flexibility index (Phi) is 66.8. The molecule has 0 aliphatic carbocycles. The molecule has 0 unspecified atom stereocenters. The van der Waals surface area contributed by atoms with Crippen LogP contribution < -0.4 is 0 Å². The van der Waals surface area contributed by atoms with Gasteiger partial charge in [0.25, 0.3) is 0 Å². The predicted molar refractivity (Wildman–Crippen MR) is 6.44 cm³/mol. The largest absolute Gasteiger partial charge is 0 e. The van der Waals surface area contributed by atoms with Crippen molar-refractivity contribution in [1.82, 2.24) is 0 Å². The molecule has 0 aromatic heterocycles. The third kappa shape index (κ3) is 8.86. The van der Waals surface area contributed by atoms with Crippen LogP contribution in [0.15, 0.2) is 0 Å². The fourth-order valence-corrected chi connectivity index (χ4v) is 0. The first-order chi connectivity index (χ1) is 1.00. The van der Waals surface area contributed by atoms with Crippen molar-refractivity contribution in [3.05, 3.63) is 0 Å². The monoisotopic (exact) mass is 473 g/mol. The van der Waals surface area contributed by atoms with Crippen LogP contribution in [0.2, 0.25) is 0 Å². The van der Waals surface area contributed by atoms with Crippen LogP contribution in [-0.4, -0.2) is 23.9 Å². The zero-order valence-electron chi connectivity index (χ0n) is 1.69. The van der Waals surface area contributed by atoms with Gasteiger partial charge in [-0.2, -0.15) is 0 Å². The van der Waals surface area contributed by atoms with Gasteiger partial charge < -0.3 is 0 Å². The average Bonchev–Trinajstić information content (AvgIpc) is 1.00. The van der Waals surface area contributed by atoms with Crippen LogP contribution in [0.4, 0.5) is 0 Å². The molecule has 5 radical (unpaired) electrons. The Morgan fingerprint density at radius 3 is 1.25 bits per heavy atom. The van der Waals surface area contributed by atoms with E-state index in [9.17, 15) is 0 Å². The zero-order valence-corrected chi connectivity index (χ0v) is 9.91. The number of hydrogen-bond acceptors (Lipinski definition) is 1. The van der Waals surface area contributed by atoms with Crippen molar-refractivity contribution in [2.45, 2.75) is 0 Å². The second-order valence-corrected chi connectivity index (χ2v) is 0. The normalized spacial score (nSPS) is 1.00. The van der Waals surface area contributed by atoms with E-state index in [-0.39, 0.29) is 73.3 Å². The summed E-state index contributed by atoms with van der Waals surface area (Å²) in [6.45, 7) is 0. The zero-order chi connectivity index (χ0) is 2.00. The molecule has 0 rings (SSSR count). The summed E-state index contributed by atoms with van der Waals surface area (Å²) in [5.74, 6) is 0. The van der Waals surface area contributed by atoms with Gasteiger partial charge in [0, 0.05) is 73.3 Å². The van der Waals surface area contributed by atoms with Crippen molar-refractivity contribution in [1.29, 1.82) is 0 Å². The summed E-state index contributed by atoms with van der Waals surface area (Å²) in [6, 6.07) is 0. The van der Waals surface area contributed by atoms with Gasteiger partial charge in [0.05, 0.1) is 0 Å². The molecule has 0 amide bonds. The van der Waals surface area contributed by atoms with Crippen LogP contribution in [0.5, 0.6) is 0 Å². The van der Waals surface area contributed by atoms with E-state index < -0.39 is 0 Å². The molecule has 0 aliphatic heterocycles. The fraction of sp³-hybridized carbons (Fsp3) is 0. The molecule has 1 nitrogen and oxygen atoms in total. The van der Waals surface area contributed by atoms with Crippen molar-refractivity contribution in [3.63, 3.8) is 0 Å². The van der Waals surface area contributed by atoms with E-state index >= 15 is 0 Å². The molecule has 0 atom stereocenters. The molecule has 4 heteroatoms. The van der Waals surface area contributed by atoms with E-state index in [0.29, 0.717) is 19.8 Å². The minimum absolute atomic E-state index is 0. The minimum atomic E-state index is 0. The van der Waals surface area contributed by atoms with Crippen molar-refractivity contribution in [2.24, 2.45) is 0 Å². The van der Waals surface area contributed by atoms with Crippen LogP contribution in [0.25, 0.3) is 0 Å². The molecule has 0 spiro atoms. The SMILES string of the molecule is [Eu].[O]=[W].[Sn]. The molecule has 0 aromatic rings. The van der Waals surface area contributed by atoms with Gasteiger partial charge in [-0.3, -0.25) is 0 Å². The summed E-state index contributed by atoms with van der Waals surface area (Å²) in [6.07, 6.45) is 0. The second-order valence-electron chi connectivity index (χ2n) is 0. The molecule has 0 fully saturated rings. The maximum absolute atomic E-state index is 8.33. The van der Waals surface area contributed by atoms with Gasteiger partial charge in [-0.05, 0) is 0 Å². The quantitative estimate of drug-likeness (QED) is 0.437. The first-order valence-corrected chi connectivity index (χ1v) is 1.36. The van der Waals surface area contributed by atoms with Crippen molar-refractivity contribution >= 4 is 23.9 Å². The van der Waals surface area contributed by atoms with Crippen molar-refractivity contribution < 1.29 is 72.6 Å². The number of hydrogen-bond donors (Lipinski definition) is 0. The van der Waals surface area contributed by atoms with Crippen molar-refractivity contribution in [3.8, 4) is 0 Å². The van der Waals surface area contributed by atoms with Gasteiger partial charge in [0.2, 0.25) is 0 Å². The second kappa shape index (κ2) is 16.9. The van der Waals surface area contributed by atoms with Gasteiger partial charge in [-0.1, -0.05) is 0 Å². The van der Waals surface area contributed by atoms with Crippen LogP contribution >= 0.6 is 0 Å². The van der Waals surface area contributed by atoms with Crippen LogP contribution in [-0.2, 0) is 23.2 Å².